The standard InChI is InChI=1S/C9H5N3O5.H2NO3/c13-9-7(12(16)17)4-6(11(14)15)5-2-1-3-10-8(5)9;2-1(3)4/h1-4,13H;(H2,2,3,4)/q;+1. The number of phenolic OH excluding ortho intramolecular Hbond substituents is 1. The van der Waals surface area contributed by atoms with Gasteiger partial charge in [-0.15, -0.1) is 0 Å². The predicted octanol–water partition coefficient (Wildman–Crippen LogP) is 1.30. The molecule has 0 atom stereocenters. The summed E-state index contributed by atoms with van der Waals surface area (Å²) in [6, 6.07) is 3.53. The summed E-state index contributed by atoms with van der Waals surface area (Å²) in [7, 11) is 0. The lowest BCUT2D eigenvalue weighted by atomic mass is 10.1. The van der Waals surface area contributed by atoms with Crippen molar-refractivity contribution in [2.24, 2.45) is 0 Å². The largest absolute Gasteiger partial charge is 0.501 e. The van der Waals surface area contributed by atoms with Gasteiger partial charge in [0.05, 0.1) is 21.3 Å². The molecule has 0 aliphatic carbocycles. The van der Waals surface area contributed by atoms with Crippen LogP contribution in [0.25, 0.3) is 10.9 Å². The number of nitro benzene ring substituents is 2. The Morgan fingerprint density at radius 1 is 1.05 bits per heavy atom. The molecule has 21 heavy (non-hydrogen) atoms. The van der Waals surface area contributed by atoms with Gasteiger partial charge in [-0.25, -0.2) is 10.4 Å². The Morgan fingerprint density at radius 2 is 1.57 bits per heavy atom. The van der Waals surface area contributed by atoms with Crippen molar-refractivity contribution in [3.63, 3.8) is 0 Å². The minimum absolute atomic E-state index is 0.0561. The molecule has 2 rings (SSSR count). The normalized spacial score (nSPS) is 9.52. The summed E-state index contributed by atoms with van der Waals surface area (Å²) in [6.07, 6.45) is 1.29. The zero-order valence-electron chi connectivity index (χ0n) is 9.98. The van der Waals surface area contributed by atoms with Gasteiger partial charge in [-0.2, -0.15) is 0 Å². The van der Waals surface area contributed by atoms with Crippen molar-refractivity contribution in [1.29, 1.82) is 0 Å². The molecule has 110 valence electrons. The molecule has 2 aromatic rings. The summed E-state index contributed by atoms with van der Waals surface area (Å²) in [6.45, 7) is 0. The summed E-state index contributed by atoms with van der Waals surface area (Å²) in [5.41, 5.74) is -1.35. The highest BCUT2D eigenvalue weighted by molar-refractivity contribution is 5.95. The van der Waals surface area contributed by atoms with E-state index in [1.165, 1.54) is 18.3 Å². The number of fused-ring (bicyclic) bond motifs is 1. The Morgan fingerprint density at radius 3 is 2.05 bits per heavy atom. The number of pyridine rings is 1. The second kappa shape index (κ2) is 6.05. The van der Waals surface area contributed by atoms with Gasteiger partial charge in [-0.1, -0.05) is 0 Å². The molecule has 0 bridgehead atoms. The van der Waals surface area contributed by atoms with Crippen molar-refractivity contribution in [2.75, 3.05) is 0 Å². The zero-order valence-corrected chi connectivity index (χ0v) is 9.98. The van der Waals surface area contributed by atoms with E-state index in [4.69, 9.17) is 15.3 Å². The number of aromatic nitrogens is 1. The van der Waals surface area contributed by atoms with Crippen molar-refractivity contribution in [2.45, 2.75) is 0 Å². The van der Waals surface area contributed by atoms with Crippen molar-refractivity contribution < 1.29 is 30.5 Å². The lowest BCUT2D eigenvalue weighted by Crippen LogP contribution is -1.95. The maximum atomic E-state index is 10.8. The number of rotatable bonds is 2. The summed E-state index contributed by atoms with van der Waals surface area (Å²) in [5, 5.41) is 43.6. The van der Waals surface area contributed by atoms with Crippen LogP contribution in [0.2, 0.25) is 0 Å². The van der Waals surface area contributed by atoms with Crippen LogP contribution in [0, 0.1) is 25.1 Å². The van der Waals surface area contributed by atoms with E-state index >= 15 is 0 Å². The third-order valence-corrected chi connectivity index (χ3v) is 2.22. The smallest absolute Gasteiger partial charge is 0.472 e. The minimum Gasteiger partial charge on any atom is -0.501 e. The number of aromatic hydroxyl groups is 1. The van der Waals surface area contributed by atoms with E-state index in [0.717, 1.165) is 6.07 Å². The minimum atomic E-state index is -1.25. The van der Waals surface area contributed by atoms with Crippen LogP contribution in [-0.2, 0) is 0 Å². The van der Waals surface area contributed by atoms with Crippen LogP contribution in [0.15, 0.2) is 24.4 Å². The van der Waals surface area contributed by atoms with E-state index in [9.17, 15) is 25.3 Å². The Bertz CT molecular complexity index is 727. The SMILES string of the molecule is O=[N+](O)O.O=[N+]([O-])c1cc([N+](=O)[O-])c2cccnc2c1O. The Labute approximate surface area is 114 Å². The van der Waals surface area contributed by atoms with Crippen LogP contribution in [0.4, 0.5) is 11.4 Å². The van der Waals surface area contributed by atoms with Crippen LogP contribution in [0.3, 0.4) is 0 Å². The maximum absolute atomic E-state index is 10.8. The van der Waals surface area contributed by atoms with Crippen LogP contribution in [0.1, 0.15) is 0 Å². The molecule has 1 aromatic heterocycles. The Kier molecular flexibility index (Phi) is 4.46. The van der Waals surface area contributed by atoms with Crippen LogP contribution in [0.5, 0.6) is 5.75 Å². The molecule has 12 nitrogen and oxygen atoms in total. The molecule has 0 saturated carbocycles. The number of nitrogens with zero attached hydrogens (tertiary/aromatic N) is 4. The first kappa shape index (κ1) is 15.5. The summed E-state index contributed by atoms with van der Waals surface area (Å²) < 4.78 is 0. The summed E-state index contributed by atoms with van der Waals surface area (Å²) in [5.74, 6) is -0.670. The second-order valence-corrected chi connectivity index (χ2v) is 3.43. The van der Waals surface area contributed by atoms with Crippen LogP contribution >= 0.6 is 0 Å². The quantitative estimate of drug-likeness (QED) is 0.543. The number of hydrogen-bond acceptors (Lipinski definition) is 7. The second-order valence-electron chi connectivity index (χ2n) is 3.43. The third-order valence-electron chi connectivity index (χ3n) is 2.22. The maximum Gasteiger partial charge on any atom is 0.472 e. The zero-order chi connectivity index (χ0) is 16.2. The van der Waals surface area contributed by atoms with E-state index in [-0.39, 0.29) is 10.9 Å². The Hall–Kier alpha value is -3.57. The summed E-state index contributed by atoms with van der Waals surface area (Å²) in [4.78, 5) is 31.9. The van der Waals surface area contributed by atoms with Gasteiger partial charge in [0.2, 0.25) is 5.75 Å². The first-order valence-corrected chi connectivity index (χ1v) is 5.00. The van der Waals surface area contributed by atoms with Gasteiger partial charge in [0.1, 0.15) is 10.4 Å². The average Bonchev–Trinajstić information content (AvgIpc) is 2.38. The van der Waals surface area contributed by atoms with Crippen molar-refractivity contribution >= 4 is 22.3 Å². The van der Waals surface area contributed by atoms with Crippen molar-refractivity contribution in [3.8, 4) is 5.75 Å². The fraction of sp³-hybridized carbons (Fsp3) is 0. The van der Waals surface area contributed by atoms with Crippen LogP contribution < -0.4 is 0 Å². The van der Waals surface area contributed by atoms with Gasteiger partial charge in [-0.3, -0.25) is 25.2 Å². The molecule has 3 N–H and O–H groups in total. The molecule has 1 heterocycles. The number of benzene rings is 1. The van der Waals surface area contributed by atoms with Crippen LogP contribution in [-0.4, -0.2) is 35.4 Å². The molecule has 0 amide bonds. The van der Waals surface area contributed by atoms with Gasteiger partial charge in [0.15, 0.2) is 0 Å². The number of nitro groups is 2. The molecule has 0 spiro atoms. The van der Waals surface area contributed by atoms with Gasteiger partial charge in [0, 0.05) is 6.20 Å². The first-order chi connectivity index (χ1) is 9.75. The van der Waals surface area contributed by atoms with Gasteiger partial charge in [-0.05, 0) is 12.1 Å². The van der Waals surface area contributed by atoms with Gasteiger partial charge in [0.25, 0.3) is 5.69 Å². The first-order valence-electron chi connectivity index (χ1n) is 5.00. The third kappa shape index (κ3) is 3.46. The van der Waals surface area contributed by atoms with Crippen molar-refractivity contribution in [1.82, 2.24) is 4.98 Å². The van der Waals surface area contributed by atoms with E-state index in [1.807, 2.05) is 0 Å². The highest BCUT2D eigenvalue weighted by atomic mass is 16.9. The Balaban J connectivity index is 0.000000491. The average molecular weight is 299 g/mol. The molecule has 0 saturated heterocycles. The van der Waals surface area contributed by atoms with E-state index in [2.05, 4.69) is 4.98 Å². The van der Waals surface area contributed by atoms with E-state index in [0.29, 0.717) is 0 Å². The lowest BCUT2D eigenvalue weighted by molar-refractivity contribution is -0.969. The molecule has 1 aromatic carbocycles. The number of phenols is 1. The van der Waals surface area contributed by atoms with E-state index in [1.54, 1.807) is 0 Å². The molecule has 12 heteroatoms. The molecule has 0 aliphatic heterocycles. The molecule has 0 fully saturated rings. The molecular formula is C9H7N4O8+. The molecule has 0 aliphatic rings. The molecule has 0 radical (unpaired) electrons. The monoisotopic (exact) mass is 299 g/mol. The van der Waals surface area contributed by atoms with Gasteiger partial charge >= 0.3 is 10.8 Å². The molecular weight excluding hydrogens is 292 g/mol. The lowest BCUT2D eigenvalue weighted by Gasteiger charge is -2.01. The van der Waals surface area contributed by atoms with E-state index < -0.39 is 32.1 Å². The highest BCUT2D eigenvalue weighted by Crippen LogP contribution is 2.38. The number of hydrogen-bond donors (Lipinski definition) is 3. The highest BCUT2D eigenvalue weighted by Gasteiger charge is 2.25. The number of non-ortho nitro benzene ring substituents is 1. The molecule has 0 unspecified atom stereocenters. The van der Waals surface area contributed by atoms with Gasteiger partial charge < -0.3 is 5.11 Å². The fourth-order valence-electron chi connectivity index (χ4n) is 1.49. The predicted molar refractivity (Wildman–Crippen MR) is 63.9 cm³/mol. The summed E-state index contributed by atoms with van der Waals surface area (Å²) >= 11 is 0. The topological polar surface area (TPSA) is 180 Å². The fourth-order valence-corrected chi connectivity index (χ4v) is 1.49. The van der Waals surface area contributed by atoms with Crippen molar-refractivity contribution in [3.05, 3.63) is 49.5 Å².